The van der Waals surface area contributed by atoms with Gasteiger partial charge < -0.3 is 9.80 Å². The lowest BCUT2D eigenvalue weighted by Gasteiger charge is -2.40. The summed E-state index contributed by atoms with van der Waals surface area (Å²) in [5.41, 5.74) is 0.826. The summed E-state index contributed by atoms with van der Waals surface area (Å²) in [7, 11) is 0. The second-order valence-electron chi connectivity index (χ2n) is 6.13. The number of hydrogen-bond donors (Lipinski definition) is 0. The molecular formula is C17H23IN2O. The second kappa shape index (κ2) is 7.09. The lowest BCUT2D eigenvalue weighted by Crippen LogP contribution is -2.48. The van der Waals surface area contributed by atoms with Crippen LogP contribution in [-0.4, -0.2) is 47.9 Å². The summed E-state index contributed by atoms with van der Waals surface area (Å²) in [6, 6.07) is 8.61. The largest absolute Gasteiger partial charge is 0.339 e. The third kappa shape index (κ3) is 3.77. The van der Waals surface area contributed by atoms with Crippen LogP contribution >= 0.6 is 22.6 Å². The van der Waals surface area contributed by atoms with E-state index in [1.807, 2.05) is 29.2 Å². The van der Waals surface area contributed by atoms with Gasteiger partial charge in [-0.05, 0) is 85.6 Å². The van der Waals surface area contributed by atoms with E-state index in [2.05, 4.69) is 27.5 Å². The number of rotatable bonds is 2. The van der Waals surface area contributed by atoms with Gasteiger partial charge in [0.2, 0.25) is 0 Å². The molecule has 3 nitrogen and oxygen atoms in total. The molecule has 21 heavy (non-hydrogen) atoms. The van der Waals surface area contributed by atoms with Crippen molar-refractivity contribution in [2.24, 2.45) is 0 Å². The van der Waals surface area contributed by atoms with Gasteiger partial charge in [0.25, 0.3) is 5.91 Å². The number of piperidine rings is 2. The normalized spacial score (nSPS) is 21.5. The number of nitrogens with zero attached hydrogens (tertiary/aromatic N) is 2. The number of benzene rings is 1. The molecule has 0 aromatic heterocycles. The third-order valence-electron chi connectivity index (χ3n) is 4.75. The molecule has 4 heteroatoms. The Balaban J connectivity index is 1.55. The molecule has 0 aliphatic carbocycles. The minimum Gasteiger partial charge on any atom is -0.339 e. The maximum atomic E-state index is 12.5. The van der Waals surface area contributed by atoms with Gasteiger partial charge in [0.15, 0.2) is 0 Å². The fourth-order valence-electron chi connectivity index (χ4n) is 3.49. The molecule has 0 atom stereocenters. The fourth-order valence-corrected chi connectivity index (χ4v) is 3.85. The zero-order valence-electron chi connectivity index (χ0n) is 12.4. The van der Waals surface area contributed by atoms with E-state index in [-0.39, 0.29) is 5.91 Å². The maximum Gasteiger partial charge on any atom is 0.253 e. The zero-order valence-corrected chi connectivity index (χ0v) is 14.6. The van der Waals surface area contributed by atoms with Crippen molar-refractivity contribution in [2.45, 2.75) is 38.1 Å². The summed E-state index contributed by atoms with van der Waals surface area (Å²) in [5, 5.41) is 0. The monoisotopic (exact) mass is 398 g/mol. The fraction of sp³-hybridized carbons (Fsp3) is 0.588. The number of likely N-dealkylation sites (tertiary alicyclic amines) is 2. The molecule has 2 aliphatic rings. The molecule has 1 aromatic rings. The second-order valence-corrected chi connectivity index (χ2v) is 7.37. The van der Waals surface area contributed by atoms with Crippen LogP contribution in [0.15, 0.2) is 24.3 Å². The first-order chi connectivity index (χ1) is 10.2. The van der Waals surface area contributed by atoms with Crippen molar-refractivity contribution in [2.75, 3.05) is 26.2 Å². The molecule has 114 valence electrons. The van der Waals surface area contributed by atoms with Crippen molar-refractivity contribution in [1.82, 2.24) is 9.80 Å². The summed E-state index contributed by atoms with van der Waals surface area (Å²) in [6.07, 6.45) is 6.36. The summed E-state index contributed by atoms with van der Waals surface area (Å²) >= 11 is 2.27. The smallest absolute Gasteiger partial charge is 0.253 e. The van der Waals surface area contributed by atoms with Gasteiger partial charge in [0.05, 0.1) is 0 Å². The molecule has 0 radical (unpaired) electrons. The highest BCUT2D eigenvalue weighted by Gasteiger charge is 2.27. The minimum absolute atomic E-state index is 0.198. The van der Waals surface area contributed by atoms with Gasteiger partial charge >= 0.3 is 0 Å². The standard InChI is InChI=1S/C17H23IN2O/c18-15-6-4-14(5-7-15)17(21)20-12-8-16(9-13-20)19-10-2-1-3-11-19/h4-7,16H,1-3,8-13H2. The molecule has 0 unspecified atom stereocenters. The van der Waals surface area contributed by atoms with Crippen LogP contribution in [0.1, 0.15) is 42.5 Å². The molecule has 0 spiro atoms. The molecule has 2 saturated heterocycles. The van der Waals surface area contributed by atoms with Crippen molar-refractivity contribution in [3.63, 3.8) is 0 Å². The van der Waals surface area contributed by atoms with Gasteiger partial charge in [-0.1, -0.05) is 6.42 Å². The van der Waals surface area contributed by atoms with Crippen molar-refractivity contribution in [1.29, 1.82) is 0 Å². The van der Waals surface area contributed by atoms with Crippen molar-refractivity contribution >= 4 is 28.5 Å². The SMILES string of the molecule is O=C(c1ccc(I)cc1)N1CCC(N2CCCCC2)CC1. The number of halogens is 1. The first kappa shape index (κ1) is 15.3. The Morgan fingerprint density at radius 3 is 2.19 bits per heavy atom. The average Bonchev–Trinajstić information content (AvgIpc) is 2.56. The molecular weight excluding hydrogens is 375 g/mol. The van der Waals surface area contributed by atoms with Crippen LogP contribution in [0.5, 0.6) is 0 Å². The third-order valence-corrected chi connectivity index (χ3v) is 5.47. The van der Waals surface area contributed by atoms with Crippen LogP contribution in [-0.2, 0) is 0 Å². The Labute approximate surface area is 140 Å². The molecule has 0 bridgehead atoms. The summed E-state index contributed by atoms with van der Waals surface area (Å²) < 4.78 is 1.17. The minimum atomic E-state index is 0.198. The maximum absolute atomic E-state index is 12.5. The first-order valence-electron chi connectivity index (χ1n) is 8.03. The van der Waals surface area contributed by atoms with E-state index < -0.39 is 0 Å². The van der Waals surface area contributed by atoms with E-state index in [9.17, 15) is 4.79 Å². The van der Waals surface area contributed by atoms with Crippen LogP contribution in [0, 0.1) is 3.57 Å². The van der Waals surface area contributed by atoms with Gasteiger partial charge in [0, 0.05) is 28.3 Å². The van der Waals surface area contributed by atoms with E-state index in [1.54, 1.807) is 0 Å². The van der Waals surface area contributed by atoms with Crippen LogP contribution < -0.4 is 0 Å². The molecule has 1 amide bonds. The van der Waals surface area contributed by atoms with E-state index in [0.29, 0.717) is 6.04 Å². The Morgan fingerprint density at radius 1 is 0.952 bits per heavy atom. The molecule has 2 fully saturated rings. The van der Waals surface area contributed by atoms with Crippen LogP contribution in [0.25, 0.3) is 0 Å². The number of amides is 1. The first-order valence-corrected chi connectivity index (χ1v) is 9.11. The highest BCUT2D eigenvalue weighted by Crippen LogP contribution is 2.22. The number of hydrogen-bond acceptors (Lipinski definition) is 2. The van der Waals surface area contributed by atoms with Gasteiger partial charge in [-0.15, -0.1) is 0 Å². The van der Waals surface area contributed by atoms with Gasteiger partial charge in [0.1, 0.15) is 0 Å². The van der Waals surface area contributed by atoms with Crippen LogP contribution in [0.2, 0.25) is 0 Å². The van der Waals surface area contributed by atoms with Gasteiger partial charge in [-0.25, -0.2) is 0 Å². The molecule has 0 N–H and O–H groups in total. The number of carbonyl (C=O) groups is 1. The highest BCUT2D eigenvalue weighted by atomic mass is 127. The van der Waals surface area contributed by atoms with Gasteiger partial charge in [-0.2, -0.15) is 0 Å². The Morgan fingerprint density at radius 2 is 1.57 bits per heavy atom. The Bertz CT molecular complexity index is 474. The summed E-state index contributed by atoms with van der Waals surface area (Å²) in [6.45, 7) is 4.34. The highest BCUT2D eigenvalue weighted by molar-refractivity contribution is 14.1. The zero-order chi connectivity index (χ0) is 14.7. The quantitative estimate of drug-likeness (QED) is 0.714. The van der Waals surface area contributed by atoms with E-state index in [0.717, 1.165) is 31.5 Å². The van der Waals surface area contributed by atoms with Crippen LogP contribution in [0.4, 0.5) is 0 Å². The van der Waals surface area contributed by atoms with Crippen molar-refractivity contribution in [3.05, 3.63) is 33.4 Å². The van der Waals surface area contributed by atoms with E-state index >= 15 is 0 Å². The van der Waals surface area contributed by atoms with E-state index in [4.69, 9.17) is 0 Å². The molecule has 0 saturated carbocycles. The van der Waals surface area contributed by atoms with Crippen molar-refractivity contribution in [3.8, 4) is 0 Å². The molecule has 2 aliphatic heterocycles. The predicted molar refractivity (Wildman–Crippen MR) is 93.5 cm³/mol. The topological polar surface area (TPSA) is 23.6 Å². The molecule has 1 aromatic carbocycles. The predicted octanol–water partition coefficient (Wildman–Crippen LogP) is 3.38. The Kier molecular flexibility index (Phi) is 5.16. The molecule has 2 heterocycles. The lowest BCUT2D eigenvalue weighted by atomic mass is 9.99. The Hall–Kier alpha value is -0.620. The van der Waals surface area contributed by atoms with Gasteiger partial charge in [-0.3, -0.25) is 4.79 Å². The molecule has 3 rings (SSSR count). The van der Waals surface area contributed by atoms with E-state index in [1.165, 1.54) is 35.9 Å². The van der Waals surface area contributed by atoms with Crippen LogP contribution in [0.3, 0.4) is 0 Å². The summed E-state index contributed by atoms with van der Waals surface area (Å²) in [5.74, 6) is 0.198. The number of carbonyl (C=O) groups excluding carboxylic acids is 1. The van der Waals surface area contributed by atoms with Crippen molar-refractivity contribution < 1.29 is 4.79 Å². The average molecular weight is 398 g/mol. The summed E-state index contributed by atoms with van der Waals surface area (Å²) in [4.78, 5) is 17.2. The lowest BCUT2D eigenvalue weighted by molar-refractivity contribution is 0.0590.